The Balaban J connectivity index is 2.34. The molecule has 0 saturated heterocycles. The van der Waals surface area contributed by atoms with Gasteiger partial charge in [-0.05, 0) is 62.1 Å². The van der Waals surface area contributed by atoms with Crippen molar-refractivity contribution in [3.63, 3.8) is 0 Å². The second kappa shape index (κ2) is 6.42. The molecule has 1 aliphatic carbocycles. The van der Waals surface area contributed by atoms with Crippen LogP contribution in [0.25, 0.3) is 0 Å². The van der Waals surface area contributed by atoms with E-state index in [-0.39, 0.29) is 11.6 Å². The molecular weight excluding hydrogens is 262 g/mol. The van der Waals surface area contributed by atoms with E-state index in [0.29, 0.717) is 12.0 Å². The van der Waals surface area contributed by atoms with E-state index in [1.807, 2.05) is 18.5 Å². The Morgan fingerprint density at radius 1 is 1.33 bits per heavy atom. The third-order valence-corrected chi connectivity index (χ3v) is 4.97. The largest absolute Gasteiger partial charge is 0.373 e. The van der Waals surface area contributed by atoms with Gasteiger partial charge in [-0.1, -0.05) is 13.8 Å². The van der Waals surface area contributed by atoms with Gasteiger partial charge in [0.25, 0.3) is 0 Å². The third kappa shape index (κ3) is 3.44. The molecule has 3 N–H and O–H groups in total. The minimum absolute atomic E-state index is 0.0118. The fraction of sp³-hybridized carbons (Fsp3) is 0.706. The molecule has 1 atom stereocenters. The summed E-state index contributed by atoms with van der Waals surface area (Å²) in [6.45, 7) is 9.54. The highest BCUT2D eigenvalue weighted by atomic mass is 16.5. The van der Waals surface area contributed by atoms with Crippen molar-refractivity contribution < 1.29 is 4.74 Å². The Bertz CT molecular complexity index is 463. The summed E-state index contributed by atoms with van der Waals surface area (Å²) in [5.74, 6) is 5.93. The highest BCUT2D eigenvalue weighted by molar-refractivity contribution is 5.28. The van der Waals surface area contributed by atoms with Crippen molar-refractivity contribution in [3.05, 3.63) is 29.6 Å². The first-order valence-electron chi connectivity index (χ1n) is 7.95. The van der Waals surface area contributed by atoms with E-state index >= 15 is 0 Å². The molecular formula is C17H29N3O. The lowest BCUT2D eigenvalue weighted by Gasteiger charge is -2.47. The average Bonchev–Trinajstić information content (AvgIpc) is 2.45. The van der Waals surface area contributed by atoms with Crippen molar-refractivity contribution in [3.8, 4) is 0 Å². The number of hydrazine groups is 1. The Hall–Kier alpha value is -0.970. The van der Waals surface area contributed by atoms with Crippen molar-refractivity contribution in [2.45, 2.75) is 65.0 Å². The number of hydrogen-bond donors (Lipinski definition) is 2. The smallest absolute Gasteiger partial charge is 0.0890 e. The molecule has 1 aromatic heterocycles. The molecule has 4 nitrogen and oxygen atoms in total. The molecule has 0 aliphatic heterocycles. The van der Waals surface area contributed by atoms with E-state index in [9.17, 15) is 0 Å². The first-order valence-corrected chi connectivity index (χ1v) is 7.95. The van der Waals surface area contributed by atoms with E-state index in [1.54, 1.807) is 0 Å². The molecule has 1 heterocycles. The van der Waals surface area contributed by atoms with Gasteiger partial charge in [0, 0.05) is 19.0 Å². The van der Waals surface area contributed by atoms with Gasteiger partial charge >= 0.3 is 0 Å². The van der Waals surface area contributed by atoms with Gasteiger partial charge in [-0.2, -0.15) is 0 Å². The molecule has 1 aliphatic rings. The van der Waals surface area contributed by atoms with Crippen molar-refractivity contribution >= 4 is 0 Å². The highest BCUT2D eigenvalue weighted by Gasteiger charge is 2.45. The topological polar surface area (TPSA) is 60.2 Å². The molecule has 0 spiro atoms. The van der Waals surface area contributed by atoms with Crippen molar-refractivity contribution in [1.82, 2.24) is 10.4 Å². The molecule has 21 heavy (non-hydrogen) atoms. The van der Waals surface area contributed by atoms with Crippen LogP contribution >= 0.6 is 0 Å². The average molecular weight is 291 g/mol. The van der Waals surface area contributed by atoms with E-state index in [4.69, 9.17) is 10.6 Å². The van der Waals surface area contributed by atoms with Crippen LogP contribution in [0.4, 0.5) is 0 Å². The molecule has 1 aromatic rings. The number of aromatic nitrogens is 1. The van der Waals surface area contributed by atoms with Gasteiger partial charge in [-0.25, -0.2) is 5.43 Å². The summed E-state index contributed by atoms with van der Waals surface area (Å²) in [7, 11) is 0. The highest BCUT2D eigenvalue weighted by Crippen LogP contribution is 2.47. The maximum atomic E-state index is 6.26. The lowest BCUT2D eigenvalue weighted by molar-refractivity contribution is -0.108. The zero-order valence-corrected chi connectivity index (χ0v) is 13.8. The van der Waals surface area contributed by atoms with E-state index in [0.717, 1.165) is 31.2 Å². The number of ether oxygens (including phenoxy) is 1. The Kier molecular flexibility index (Phi) is 5.02. The van der Waals surface area contributed by atoms with Crippen LogP contribution < -0.4 is 11.3 Å². The van der Waals surface area contributed by atoms with Gasteiger partial charge in [0.1, 0.15) is 0 Å². The molecule has 1 unspecified atom stereocenters. The quantitative estimate of drug-likeness (QED) is 0.645. The van der Waals surface area contributed by atoms with Crippen LogP contribution in [0.2, 0.25) is 0 Å². The first-order chi connectivity index (χ1) is 9.94. The zero-order valence-electron chi connectivity index (χ0n) is 13.8. The van der Waals surface area contributed by atoms with E-state index in [1.165, 1.54) is 5.56 Å². The van der Waals surface area contributed by atoms with E-state index < -0.39 is 0 Å². The Morgan fingerprint density at radius 2 is 2.00 bits per heavy atom. The minimum Gasteiger partial charge on any atom is -0.373 e. The summed E-state index contributed by atoms with van der Waals surface area (Å²) in [4.78, 5) is 4.28. The monoisotopic (exact) mass is 291 g/mol. The predicted octanol–water partition coefficient (Wildman–Crippen LogP) is 3.27. The van der Waals surface area contributed by atoms with Crippen LogP contribution in [0.5, 0.6) is 0 Å². The molecule has 0 amide bonds. The molecule has 0 bridgehead atoms. The van der Waals surface area contributed by atoms with Gasteiger partial charge in [-0.3, -0.25) is 10.8 Å². The fourth-order valence-corrected chi connectivity index (χ4v) is 3.46. The Labute approximate surface area is 128 Å². The van der Waals surface area contributed by atoms with Gasteiger partial charge in [-0.15, -0.1) is 0 Å². The molecule has 118 valence electrons. The lowest BCUT2D eigenvalue weighted by Crippen LogP contribution is -2.51. The van der Waals surface area contributed by atoms with E-state index in [2.05, 4.69) is 38.1 Å². The van der Waals surface area contributed by atoms with Gasteiger partial charge in [0.05, 0.1) is 11.6 Å². The number of hydrogen-bond acceptors (Lipinski definition) is 4. The minimum atomic E-state index is -0.229. The molecule has 2 rings (SSSR count). The summed E-state index contributed by atoms with van der Waals surface area (Å²) in [5, 5.41) is 0. The normalized spacial score (nSPS) is 22.0. The van der Waals surface area contributed by atoms with Crippen molar-refractivity contribution in [2.24, 2.45) is 11.3 Å². The van der Waals surface area contributed by atoms with Crippen molar-refractivity contribution in [2.75, 3.05) is 6.61 Å². The number of aryl methyl sites for hydroxylation is 1. The van der Waals surface area contributed by atoms with Crippen LogP contribution in [-0.4, -0.2) is 17.2 Å². The maximum Gasteiger partial charge on any atom is 0.0890 e. The second-order valence-electron chi connectivity index (χ2n) is 6.99. The van der Waals surface area contributed by atoms with Gasteiger partial charge in [0.15, 0.2) is 0 Å². The number of nitrogens with one attached hydrogen (secondary N) is 1. The maximum absolute atomic E-state index is 6.26. The number of nitrogens with zero attached hydrogens (tertiary/aromatic N) is 1. The number of nitrogens with two attached hydrogens (primary N) is 1. The fourth-order valence-electron chi connectivity index (χ4n) is 3.46. The predicted molar refractivity (Wildman–Crippen MR) is 85.6 cm³/mol. The summed E-state index contributed by atoms with van der Waals surface area (Å²) >= 11 is 0. The Morgan fingerprint density at radius 3 is 2.52 bits per heavy atom. The number of pyridine rings is 1. The molecule has 1 fully saturated rings. The van der Waals surface area contributed by atoms with Gasteiger partial charge in [0.2, 0.25) is 0 Å². The molecule has 1 saturated carbocycles. The third-order valence-electron chi connectivity index (χ3n) is 4.97. The molecule has 4 heteroatoms. The van der Waals surface area contributed by atoms with Crippen LogP contribution in [-0.2, 0) is 4.74 Å². The summed E-state index contributed by atoms with van der Waals surface area (Å²) in [6, 6.07) is 2.02. The van der Waals surface area contributed by atoms with Crippen LogP contribution in [0.3, 0.4) is 0 Å². The van der Waals surface area contributed by atoms with Gasteiger partial charge < -0.3 is 4.74 Å². The number of rotatable bonds is 5. The standard InChI is InChI=1S/C17H29N3O/c1-5-21-17(9-7-16(3,4)8-10-17)15(20-18)14-12-19-11-6-13(14)2/h6,11-12,15,20H,5,7-10,18H2,1-4H3. The first kappa shape index (κ1) is 16.4. The zero-order chi connectivity index (χ0) is 15.5. The lowest BCUT2D eigenvalue weighted by atomic mass is 9.67. The molecule has 0 aromatic carbocycles. The second-order valence-corrected chi connectivity index (χ2v) is 6.99. The summed E-state index contributed by atoms with van der Waals surface area (Å²) < 4.78 is 6.26. The van der Waals surface area contributed by atoms with Crippen LogP contribution in [0.15, 0.2) is 18.5 Å². The van der Waals surface area contributed by atoms with Crippen molar-refractivity contribution in [1.29, 1.82) is 0 Å². The van der Waals surface area contributed by atoms with Crippen LogP contribution in [0.1, 0.15) is 63.6 Å². The summed E-state index contributed by atoms with van der Waals surface area (Å²) in [5.41, 5.74) is 5.53. The van der Waals surface area contributed by atoms with Crippen LogP contribution in [0, 0.1) is 12.3 Å². The summed E-state index contributed by atoms with van der Waals surface area (Å²) in [6.07, 6.45) is 8.10. The SMILES string of the molecule is CCOC1(C(NN)c2cnccc2C)CCC(C)(C)CC1. The molecule has 0 radical (unpaired) electrons.